The molecule has 0 amide bonds. The molecule has 0 spiro atoms. The minimum Gasteiger partial charge on any atom is -0.248 e. The molecular formula is C22H46O4S. The number of hydrogen-bond donors (Lipinski definition) is 0. The average Bonchev–Trinajstić information content (AvgIpc) is 2.60. The summed E-state index contributed by atoms with van der Waals surface area (Å²) in [4.78, 5) is 0. The maximum Gasteiger partial charge on any atom is 0.399 e. The predicted octanol–water partition coefficient (Wildman–Crippen LogP) is 7.04. The van der Waals surface area contributed by atoms with E-state index < -0.39 is 10.4 Å². The summed E-state index contributed by atoms with van der Waals surface area (Å²) in [5.74, 6) is 1.61. The molecule has 0 aromatic carbocycles. The number of hydrogen-bond acceptors (Lipinski definition) is 4. The minimum absolute atomic E-state index is 0.238. The van der Waals surface area contributed by atoms with Gasteiger partial charge in [-0.05, 0) is 24.7 Å². The largest absolute Gasteiger partial charge is 0.399 e. The van der Waals surface area contributed by atoms with Crippen LogP contribution in [0.2, 0.25) is 0 Å². The van der Waals surface area contributed by atoms with Crippen molar-refractivity contribution in [2.45, 2.75) is 118 Å². The van der Waals surface area contributed by atoms with E-state index in [-0.39, 0.29) is 13.2 Å². The molecule has 4 nitrogen and oxygen atoms in total. The quantitative estimate of drug-likeness (QED) is 0.203. The van der Waals surface area contributed by atoms with Gasteiger partial charge in [0.15, 0.2) is 0 Å². The lowest BCUT2D eigenvalue weighted by Gasteiger charge is -2.10. The zero-order chi connectivity index (χ0) is 20.4. The van der Waals surface area contributed by atoms with Crippen LogP contribution in [0.4, 0.5) is 0 Å². The molecule has 0 aliphatic heterocycles. The van der Waals surface area contributed by atoms with Gasteiger partial charge in [0.1, 0.15) is 0 Å². The summed E-state index contributed by atoms with van der Waals surface area (Å²) in [5, 5.41) is 0. The normalized spacial score (nSPS) is 14.4. The third kappa shape index (κ3) is 19.0. The zero-order valence-corrected chi connectivity index (χ0v) is 19.3. The lowest BCUT2D eigenvalue weighted by atomic mass is 9.98. The zero-order valence-electron chi connectivity index (χ0n) is 18.5. The first-order chi connectivity index (χ1) is 12.9. The van der Waals surface area contributed by atoms with Gasteiger partial charge in [-0.25, -0.2) is 8.37 Å². The monoisotopic (exact) mass is 406 g/mol. The molecular weight excluding hydrogens is 360 g/mol. The van der Waals surface area contributed by atoms with Crippen molar-refractivity contribution in [2.75, 3.05) is 13.2 Å². The van der Waals surface area contributed by atoms with E-state index in [0.717, 1.165) is 50.4 Å². The van der Waals surface area contributed by atoms with E-state index >= 15 is 0 Å². The Bertz CT molecular complexity index is 377. The van der Waals surface area contributed by atoms with Crippen LogP contribution in [0.25, 0.3) is 0 Å². The highest BCUT2D eigenvalue weighted by Crippen LogP contribution is 2.16. The summed E-state index contributed by atoms with van der Waals surface area (Å²) in [5.41, 5.74) is 0. The second kappa shape index (κ2) is 17.9. The Kier molecular flexibility index (Phi) is 17.8. The highest BCUT2D eigenvalue weighted by atomic mass is 32.3. The van der Waals surface area contributed by atoms with Gasteiger partial charge in [-0.3, -0.25) is 0 Å². The van der Waals surface area contributed by atoms with Gasteiger partial charge in [-0.1, -0.05) is 105 Å². The molecule has 2 atom stereocenters. The summed E-state index contributed by atoms with van der Waals surface area (Å²) in [7, 11) is -3.81. The van der Waals surface area contributed by atoms with Crippen LogP contribution in [0, 0.1) is 11.8 Å². The molecule has 5 heteroatoms. The molecule has 0 saturated heterocycles. The molecule has 0 fully saturated rings. The summed E-state index contributed by atoms with van der Waals surface area (Å²) in [6, 6.07) is 0. The smallest absolute Gasteiger partial charge is 0.248 e. The van der Waals surface area contributed by atoms with Gasteiger partial charge in [0, 0.05) is 0 Å². The van der Waals surface area contributed by atoms with Crippen LogP contribution < -0.4 is 0 Å². The predicted molar refractivity (Wildman–Crippen MR) is 115 cm³/mol. The standard InChI is InChI=1S/C22H46O4S/c1-5-15-21(3)17-11-7-9-13-19-25-27(23,24)26-20-14-10-8-12-18-22(4)16-6-2/h21-22H,5-20H2,1-4H3. The first-order valence-electron chi connectivity index (χ1n) is 11.4. The second-order valence-electron chi connectivity index (χ2n) is 8.25. The fourth-order valence-electron chi connectivity index (χ4n) is 3.53. The van der Waals surface area contributed by atoms with Crippen LogP contribution in [0.1, 0.15) is 118 Å². The Hall–Kier alpha value is -0.130. The van der Waals surface area contributed by atoms with Crippen molar-refractivity contribution in [3.63, 3.8) is 0 Å². The van der Waals surface area contributed by atoms with Crippen LogP contribution in [-0.4, -0.2) is 21.6 Å². The molecule has 0 aromatic heterocycles. The molecule has 0 N–H and O–H groups in total. The first kappa shape index (κ1) is 26.9. The van der Waals surface area contributed by atoms with Crippen LogP contribution in [0.15, 0.2) is 0 Å². The van der Waals surface area contributed by atoms with Crippen molar-refractivity contribution < 1.29 is 16.8 Å². The lowest BCUT2D eigenvalue weighted by molar-refractivity contribution is 0.207. The molecule has 2 unspecified atom stereocenters. The molecule has 0 rings (SSSR count). The van der Waals surface area contributed by atoms with Crippen molar-refractivity contribution in [2.24, 2.45) is 11.8 Å². The number of unbranched alkanes of at least 4 members (excludes halogenated alkanes) is 6. The van der Waals surface area contributed by atoms with Gasteiger partial charge in [0.05, 0.1) is 13.2 Å². The maximum atomic E-state index is 11.7. The van der Waals surface area contributed by atoms with Crippen LogP contribution in [-0.2, 0) is 18.8 Å². The molecule has 0 radical (unpaired) electrons. The molecule has 0 aliphatic carbocycles. The van der Waals surface area contributed by atoms with Crippen LogP contribution in [0.3, 0.4) is 0 Å². The Labute approximate surface area is 170 Å². The molecule has 164 valence electrons. The third-order valence-electron chi connectivity index (χ3n) is 5.20. The van der Waals surface area contributed by atoms with Crippen molar-refractivity contribution in [3.8, 4) is 0 Å². The molecule has 0 saturated carbocycles. The minimum atomic E-state index is -3.81. The third-order valence-corrected chi connectivity index (χ3v) is 6.11. The van der Waals surface area contributed by atoms with Gasteiger partial charge < -0.3 is 0 Å². The highest BCUT2D eigenvalue weighted by molar-refractivity contribution is 7.81. The first-order valence-corrected chi connectivity index (χ1v) is 12.8. The lowest BCUT2D eigenvalue weighted by Crippen LogP contribution is -2.12. The van der Waals surface area contributed by atoms with Gasteiger partial charge in [-0.15, -0.1) is 0 Å². The summed E-state index contributed by atoms with van der Waals surface area (Å²) in [6.07, 6.45) is 16.0. The molecule has 0 aromatic rings. The van der Waals surface area contributed by atoms with E-state index in [4.69, 9.17) is 8.37 Å². The molecule has 0 bridgehead atoms. The van der Waals surface area contributed by atoms with Crippen molar-refractivity contribution in [1.82, 2.24) is 0 Å². The summed E-state index contributed by atoms with van der Waals surface area (Å²) >= 11 is 0. The van der Waals surface area contributed by atoms with Gasteiger partial charge >= 0.3 is 10.4 Å². The fourth-order valence-corrected chi connectivity index (χ4v) is 4.24. The second-order valence-corrected chi connectivity index (χ2v) is 9.53. The van der Waals surface area contributed by atoms with Crippen molar-refractivity contribution >= 4 is 10.4 Å². The van der Waals surface area contributed by atoms with Crippen molar-refractivity contribution in [3.05, 3.63) is 0 Å². The fraction of sp³-hybridized carbons (Fsp3) is 1.00. The SMILES string of the molecule is CCCC(C)CCCCCCOS(=O)(=O)OCCCCCCC(C)CCC. The van der Waals surface area contributed by atoms with E-state index in [2.05, 4.69) is 27.7 Å². The maximum absolute atomic E-state index is 11.7. The topological polar surface area (TPSA) is 52.6 Å². The average molecular weight is 407 g/mol. The van der Waals surface area contributed by atoms with Gasteiger partial charge in [-0.2, -0.15) is 8.42 Å². The van der Waals surface area contributed by atoms with Crippen LogP contribution >= 0.6 is 0 Å². The van der Waals surface area contributed by atoms with E-state index in [1.54, 1.807) is 0 Å². The summed E-state index contributed by atoms with van der Waals surface area (Å²) in [6.45, 7) is 9.55. The van der Waals surface area contributed by atoms with Crippen molar-refractivity contribution in [1.29, 1.82) is 0 Å². The van der Waals surface area contributed by atoms with Crippen LogP contribution in [0.5, 0.6) is 0 Å². The molecule has 27 heavy (non-hydrogen) atoms. The Morgan fingerprint density at radius 3 is 1.33 bits per heavy atom. The molecule has 0 heterocycles. The van der Waals surface area contributed by atoms with E-state index in [1.807, 2.05) is 0 Å². The summed E-state index contributed by atoms with van der Waals surface area (Å²) < 4.78 is 33.2. The van der Waals surface area contributed by atoms with Gasteiger partial charge in [0.2, 0.25) is 0 Å². The Morgan fingerprint density at radius 1 is 0.593 bits per heavy atom. The highest BCUT2D eigenvalue weighted by Gasteiger charge is 2.11. The number of rotatable bonds is 20. The van der Waals surface area contributed by atoms with Gasteiger partial charge in [0.25, 0.3) is 0 Å². The van der Waals surface area contributed by atoms with E-state index in [0.29, 0.717) is 0 Å². The van der Waals surface area contributed by atoms with E-state index in [1.165, 1.54) is 51.4 Å². The molecule has 0 aliphatic rings. The Morgan fingerprint density at radius 2 is 0.963 bits per heavy atom. The Balaban J connectivity index is 3.48. The van der Waals surface area contributed by atoms with E-state index in [9.17, 15) is 8.42 Å².